The molecule has 3 rings (SSSR count). The van der Waals surface area contributed by atoms with Crippen molar-refractivity contribution in [2.24, 2.45) is 0 Å². The molecule has 0 fully saturated rings. The number of halogens is 1. The maximum Gasteiger partial charge on any atom is 0.316 e. The lowest BCUT2D eigenvalue weighted by molar-refractivity contribution is -0.114. The maximum absolute atomic E-state index is 14.2. The van der Waals surface area contributed by atoms with Crippen LogP contribution >= 0.6 is 0 Å². The van der Waals surface area contributed by atoms with Crippen LogP contribution < -0.4 is 15.4 Å². The predicted octanol–water partition coefficient (Wildman–Crippen LogP) is 3.24. The Balaban J connectivity index is 2.05. The largest absolute Gasteiger partial charge is 0.467 e. The van der Waals surface area contributed by atoms with E-state index >= 15 is 0 Å². The molecule has 0 aromatic carbocycles. The first-order valence-electron chi connectivity index (χ1n) is 8.71. The minimum atomic E-state index is -1.69. The van der Waals surface area contributed by atoms with E-state index in [4.69, 9.17) is 4.74 Å². The fraction of sp³-hybridized carbons (Fsp3) is 0.263. The molecule has 150 valence electrons. The molecule has 0 aliphatic rings. The molecule has 0 unspecified atom stereocenters. The van der Waals surface area contributed by atoms with Crippen LogP contribution in [0.15, 0.2) is 36.8 Å². The highest BCUT2D eigenvalue weighted by molar-refractivity contribution is 5.89. The summed E-state index contributed by atoms with van der Waals surface area (Å²) in [4.78, 5) is 32.2. The average molecular weight is 397 g/mol. The highest BCUT2D eigenvalue weighted by atomic mass is 19.1. The van der Waals surface area contributed by atoms with Crippen molar-refractivity contribution in [1.29, 1.82) is 0 Å². The highest BCUT2D eigenvalue weighted by Gasteiger charge is 2.23. The summed E-state index contributed by atoms with van der Waals surface area (Å²) < 4.78 is 19.3. The normalized spacial score (nSPS) is 11.1. The number of methoxy groups -OCH3 is 1. The van der Waals surface area contributed by atoms with Gasteiger partial charge in [-0.3, -0.25) is 4.79 Å². The quantitative estimate of drug-likeness (QED) is 0.651. The van der Waals surface area contributed by atoms with Gasteiger partial charge in [-0.2, -0.15) is 4.98 Å². The minimum absolute atomic E-state index is 0.0453. The number of ether oxygens (including phenoxy) is 1. The Hall–Kier alpha value is -3.69. The van der Waals surface area contributed by atoms with Crippen LogP contribution in [0.4, 0.5) is 21.7 Å². The minimum Gasteiger partial charge on any atom is -0.467 e. The van der Waals surface area contributed by atoms with Crippen molar-refractivity contribution in [3.05, 3.63) is 42.6 Å². The molecule has 0 saturated carbocycles. The third-order valence-corrected chi connectivity index (χ3v) is 3.75. The number of hydrogen-bond donors (Lipinski definition) is 2. The van der Waals surface area contributed by atoms with Crippen LogP contribution in [0.1, 0.15) is 26.6 Å². The van der Waals surface area contributed by atoms with E-state index in [2.05, 4.69) is 35.6 Å². The summed E-state index contributed by atoms with van der Waals surface area (Å²) >= 11 is 0. The molecule has 0 bridgehead atoms. The Morgan fingerprint density at radius 1 is 1.10 bits per heavy atom. The van der Waals surface area contributed by atoms with Gasteiger partial charge in [0.05, 0.1) is 18.5 Å². The number of carbonyl (C=O) groups excluding carboxylic acids is 1. The van der Waals surface area contributed by atoms with Gasteiger partial charge in [0, 0.05) is 37.1 Å². The zero-order chi connectivity index (χ0) is 21.0. The summed E-state index contributed by atoms with van der Waals surface area (Å²) in [6.07, 6.45) is 4.58. The van der Waals surface area contributed by atoms with E-state index in [0.717, 1.165) is 0 Å². The summed E-state index contributed by atoms with van der Waals surface area (Å²) in [6, 6.07) is 5.13. The Labute approximate surface area is 166 Å². The number of alkyl halides is 1. The van der Waals surface area contributed by atoms with Crippen molar-refractivity contribution in [3.63, 3.8) is 0 Å². The topological polar surface area (TPSA) is 115 Å². The number of carbonyl (C=O) groups is 1. The summed E-state index contributed by atoms with van der Waals surface area (Å²) in [5.74, 6) is 0.500. The van der Waals surface area contributed by atoms with Crippen LogP contribution in [0.25, 0.3) is 11.3 Å². The van der Waals surface area contributed by atoms with Gasteiger partial charge in [-0.1, -0.05) is 0 Å². The van der Waals surface area contributed by atoms with E-state index in [9.17, 15) is 9.18 Å². The van der Waals surface area contributed by atoms with E-state index in [1.807, 2.05) is 0 Å². The Morgan fingerprint density at radius 2 is 1.86 bits per heavy atom. The lowest BCUT2D eigenvalue weighted by atomic mass is 10.1. The molecule has 0 atom stereocenters. The van der Waals surface area contributed by atoms with E-state index in [1.165, 1.54) is 34.1 Å². The van der Waals surface area contributed by atoms with Gasteiger partial charge in [-0.15, -0.1) is 0 Å². The lowest BCUT2D eigenvalue weighted by Crippen LogP contribution is -2.15. The van der Waals surface area contributed by atoms with Crippen molar-refractivity contribution >= 4 is 23.2 Å². The van der Waals surface area contributed by atoms with Crippen LogP contribution in [0, 0.1) is 0 Å². The van der Waals surface area contributed by atoms with Gasteiger partial charge in [0.1, 0.15) is 11.6 Å². The summed E-state index contributed by atoms with van der Waals surface area (Å²) in [6.45, 7) is 4.15. The number of hydrogen-bond acceptors (Lipinski definition) is 8. The van der Waals surface area contributed by atoms with E-state index < -0.39 is 5.67 Å². The predicted molar refractivity (Wildman–Crippen MR) is 106 cm³/mol. The van der Waals surface area contributed by atoms with Crippen molar-refractivity contribution < 1.29 is 13.9 Å². The molecule has 10 heteroatoms. The molecule has 2 N–H and O–H groups in total. The van der Waals surface area contributed by atoms with E-state index in [1.54, 1.807) is 30.6 Å². The molecule has 0 saturated heterocycles. The Morgan fingerprint density at radius 3 is 2.55 bits per heavy atom. The highest BCUT2D eigenvalue weighted by Crippen LogP contribution is 2.31. The van der Waals surface area contributed by atoms with Gasteiger partial charge in [0.15, 0.2) is 11.5 Å². The standard InChI is InChI=1S/C19H20FN7O2/c1-11(28)24-16-9-14(25-15-6-8-21-17(27-15)19(2,3)20)12(10-23-16)13-5-7-22-18(26-13)29-4/h5-10H,1-4H3,(H2,21,23,24,25,27,28). The Kier molecular flexibility index (Phi) is 5.62. The number of aromatic nitrogens is 5. The molecule has 29 heavy (non-hydrogen) atoms. The van der Waals surface area contributed by atoms with Crippen molar-refractivity contribution in [2.75, 3.05) is 17.7 Å². The van der Waals surface area contributed by atoms with Gasteiger partial charge in [-0.25, -0.2) is 24.3 Å². The second-order valence-electron chi connectivity index (χ2n) is 6.59. The van der Waals surface area contributed by atoms with E-state index in [-0.39, 0.29) is 17.7 Å². The van der Waals surface area contributed by atoms with Crippen LogP contribution in [0.3, 0.4) is 0 Å². The van der Waals surface area contributed by atoms with Gasteiger partial charge in [0.2, 0.25) is 5.91 Å². The van der Waals surface area contributed by atoms with Crippen LogP contribution in [-0.2, 0) is 10.5 Å². The van der Waals surface area contributed by atoms with E-state index in [0.29, 0.717) is 28.6 Å². The monoisotopic (exact) mass is 397 g/mol. The van der Waals surface area contributed by atoms with Gasteiger partial charge in [0.25, 0.3) is 0 Å². The first-order chi connectivity index (χ1) is 13.8. The van der Waals surface area contributed by atoms with Crippen LogP contribution in [0.2, 0.25) is 0 Å². The number of rotatable bonds is 6. The second kappa shape index (κ2) is 8.13. The molecule has 0 radical (unpaired) electrons. The first-order valence-corrected chi connectivity index (χ1v) is 8.71. The summed E-state index contributed by atoms with van der Waals surface area (Å²) in [7, 11) is 1.47. The van der Waals surface area contributed by atoms with Gasteiger partial charge in [-0.05, 0) is 26.0 Å². The van der Waals surface area contributed by atoms with Gasteiger partial charge >= 0.3 is 6.01 Å². The molecular formula is C19H20FN7O2. The fourth-order valence-corrected chi connectivity index (χ4v) is 2.45. The molecule has 0 aliphatic heterocycles. The number of anilines is 3. The number of amides is 1. The summed E-state index contributed by atoms with van der Waals surface area (Å²) in [5.41, 5.74) is 0.00626. The summed E-state index contributed by atoms with van der Waals surface area (Å²) in [5, 5.41) is 5.75. The molecule has 3 aromatic rings. The first kappa shape index (κ1) is 20.1. The number of nitrogens with one attached hydrogen (secondary N) is 2. The van der Waals surface area contributed by atoms with Crippen LogP contribution in [-0.4, -0.2) is 37.9 Å². The van der Waals surface area contributed by atoms with Gasteiger partial charge < -0.3 is 15.4 Å². The maximum atomic E-state index is 14.2. The van der Waals surface area contributed by atoms with Crippen molar-refractivity contribution in [2.45, 2.75) is 26.4 Å². The van der Waals surface area contributed by atoms with Crippen molar-refractivity contribution in [1.82, 2.24) is 24.9 Å². The second-order valence-corrected chi connectivity index (χ2v) is 6.59. The number of pyridine rings is 1. The smallest absolute Gasteiger partial charge is 0.316 e. The van der Waals surface area contributed by atoms with Crippen LogP contribution in [0.5, 0.6) is 6.01 Å². The number of nitrogens with zero attached hydrogens (tertiary/aromatic N) is 5. The molecule has 9 nitrogen and oxygen atoms in total. The molecule has 0 aliphatic carbocycles. The molecular weight excluding hydrogens is 377 g/mol. The SMILES string of the molecule is COc1nccc(-c2cnc(NC(C)=O)cc2Nc2ccnc(C(C)(C)F)n2)n1. The fourth-order valence-electron chi connectivity index (χ4n) is 2.45. The molecule has 1 amide bonds. The zero-order valence-corrected chi connectivity index (χ0v) is 16.4. The average Bonchev–Trinajstić information content (AvgIpc) is 2.67. The third kappa shape index (κ3) is 4.98. The molecule has 3 aromatic heterocycles. The zero-order valence-electron chi connectivity index (χ0n) is 16.4. The molecule has 3 heterocycles. The van der Waals surface area contributed by atoms with Crippen molar-refractivity contribution in [3.8, 4) is 17.3 Å². The Bertz CT molecular complexity index is 1040. The molecule has 0 spiro atoms. The lowest BCUT2D eigenvalue weighted by Gasteiger charge is -2.16. The third-order valence-electron chi connectivity index (χ3n) is 3.75.